The first kappa shape index (κ1) is 18.6. The summed E-state index contributed by atoms with van der Waals surface area (Å²) < 4.78 is 10.4. The number of amides is 1. The molecule has 1 amide bonds. The molecule has 0 aliphatic carbocycles. The van der Waals surface area contributed by atoms with Gasteiger partial charge in [-0.2, -0.15) is 0 Å². The van der Waals surface area contributed by atoms with Crippen LogP contribution in [0, 0.1) is 6.92 Å². The van der Waals surface area contributed by atoms with Crippen LogP contribution in [0.4, 0.5) is 0 Å². The Bertz CT molecular complexity index is 571. The van der Waals surface area contributed by atoms with Gasteiger partial charge in [0.1, 0.15) is 24.4 Å². The topological polar surface area (TPSA) is 108 Å². The summed E-state index contributed by atoms with van der Waals surface area (Å²) in [7, 11) is 1.35. The maximum atomic E-state index is 12.1. The van der Waals surface area contributed by atoms with Gasteiger partial charge in [0.15, 0.2) is 6.29 Å². The summed E-state index contributed by atoms with van der Waals surface area (Å²) in [6.45, 7) is 1.51. The van der Waals surface area contributed by atoms with Gasteiger partial charge in [-0.3, -0.25) is 4.79 Å². The summed E-state index contributed by atoms with van der Waals surface area (Å²) in [5.74, 6) is -0.458. The summed E-state index contributed by atoms with van der Waals surface area (Å²) in [6.07, 6.45) is -1.63. The molecule has 1 aromatic rings. The summed E-state index contributed by atoms with van der Waals surface area (Å²) in [5, 5.41) is 31.8. The lowest BCUT2D eigenvalue weighted by atomic mass is 9.97. The second-order valence-electron chi connectivity index (χ2n) is 5.72. The number of hydrogen-bond acceptors (Lipinski definition) is 6. The number of aryl methyl sites for hydroxylation is 1. The molecule has 2 rings (SSSR count). The standard InChI is InChI=1S/C17H23NO6/c1-10-3-5-11(6-4-10)7-8-13(20)18-14-16(22)15(21)12(9-19)24-17(14)23-2/h3-8,12,14-17,19,21-22H,9H2,1-2H3,(H,18,20)/t12-,14-,15-,16-,17-/m1/s1. The predicted octanol–water partition coefficient (Wildman–Crippen LogP) is -0.422. The van der Waals surface area contributed by atoms with Gasteiger partial charge in [0.2, 0.25) is 5.91 Å². The van der Waals surface area contributed by atoms with Crippen molar-refractivity contribution in [3.63, 3.8) is 0 Å². The van der Waals surface area contributed by atoms with Crippen LogP contribution in [0.5, 0.6) is 0 Å². The smallest absolute Gasteiger partial charge is 0.244 e. The van der Waals surface area contributed by atoms with E-state index in [0.717, 1.165) is 11.1 Å². The Balaban J connectivity index is 2.02. The molecule has 0 spiro atoms. The molecule has 1 aromatic carbocycles. The minimum Gasteiger partial charge on any atom is -0.394 e. The van der Waals surface area contributed by atoms with Crippen LogP contribution in [-0.4, -0.2) is 65.6 Å². The zero-order valence-corrected chi connectivity index (χ0v) is 13.6. The summed E-state index contributed by atoms with van der Waals surface area (Å²) in [5.41, 5.74) is 1.98. The zero-order chi connectivity index (χ0) is 17.7. The molecule has 1 fully saturated rings. The normalized spacial score (nSPS) is 30.5. The monoisotopic (exact) mass is 337 g/mol. The minimum atomic E-state index is -1.33. The molecule has 5 atom stereocenters. The SMILES string of the molecule is CO[C@@H]1O[C@H](CO)[C@@H](O)[C@H](O)[C@H]1NC(=O)C=Cc1ccc(C)cc1. The van der Waals surface area contributed by atoms with E-state index in [1.165, 1.54) is 13.2 Å². The van der Waals surface area contributed by atoms with Crippen LogP contribution in [0.3, 0.4) is 0 Å². The van der Waals surface area contributed by atoms with Crippen LogP contribution in [0.25, 0.3) is 6.08 Å². The first-order valence-electron chi connectivity index (χ1n) is 7.66. The Morgan fingerprint density at radius 3 is 2.54 bits per heavy atom. The zero-order valence-electron chi connectivity index (χ0n) is 13.6. The van der Waals surface area contributed by atoms with Crippen molar-refractivity contribution in [1.82, 2.24) is 5.32 Å². The fourth-order valence-electron chi connectivity index (χ4n) is 2.50. The van der Waals surface area contributed by atoms with E-state index in [0.29, 0.717) is 0 Å². The van der Waals surface area contributed by atoms with Crippen LogP contribution >= 0.6 is 0 Å². The lowest BCUT2D eigenvalue weighted by Gasteiger charge is -2.41. The van der Waals surface area contributed by atoms with E-state index in [2.05, 4.69) is 5.32 Å². The van der Waals surface area contributed by atoms with Gasteiger partial charge in [-0.05, 0) is 18.6 Å². The third kappa shape index (κ3) is 4.40. The number of methoxy groups -OCH3 is 1. The molecule has 7 nitrogen and oxygen atoms in total. The molecule has 132 valence electrons. The summed E-state index contributed by atoms with van der Waals surface area (Å²) in [4.78, 5) is 12.1. The van der Waals surface area contributed by atoms with E-state index in [-0.39, 0.29) is 0 Å². The molecule has 1 heterocycles. The Kier molecular flexibility index (Phi) is 6.47. The third-order valence-corrected chi connectivity index (χ3v) is 3.93. The molecule has 4 N–H and O–H groups in total. The van der Waals surface area contributed by atoms with Gasteiger partial charge >= 0.3 is 0 Å². The van der Waals surface area contributed by atoms with Crippen molar-refractivity contribution in [2.24, 2.45) is 0 Å². The van der Waals surface area contributed by atoms with Gasteiger partial charge < -0.3 is 30.1 Å². The Morgan fingerprint density at radius 1 is 1.29 bits per heavy atom. The van der Waals surface area contributed by atoms with Crippen molar-refractivity contribution in [3.05, 3.63) is 41.5 Å². The second kappa shape index (κ2) is 8.36. The van der Waals surface area contributed by atoms with Crippen molar-refractivity contribution < 1.29 is 29.6 Å². The molecule has 0 unspecified atom stereocenters. The maximum absolute atomic E-state index is 12.1. The van der Waals surface area contributed by atoms with Crippen molar-refractivity contribution in [3.8, 4) is 0 Å². The molecular formula is C17H23NO6. The van der Waals surface area contributed by atoms with Gasteiger partial charge in [0.25, 0.3) is 0 Å². The highest BCUT2D eigenvalue weighted by atomic mass is 16.7. The number of ether oxygens (including phenoxy) is 2. The third-order valence-electron chi connectivity index (χ3n) is 3.93. The van der Waals surface area contributed by atoms with E-state index in [1.807, 2.05) is 31.2 Å². The highest BCUT2D eigenvalue weighted by molar-refractivity contribution is 5.92. The molecule has 1 aliphatic rings. The quantitative estimate of drug-likeness (QED) is 0.544. The van der Waals surface area contributed by atoms with Crippen LogP contribution in [0.1, 0.15) is 11.1 Å². The van der Waals surface area contributed by atoms with Crippen LogP contribution in [0.2, 0.25) is 0 Å². The Hall–Kier alpha value is -1.77. The van der Waals surface area contributed by atoms with Gasteiger partial charge in [-0.25, -0.2) is 0 Å². The molecule has 0 bridgehead atoms. The van der Waals surface area contributed by atoms with E-state index < -0.39 is 43.2 Å². The number of benzene rings is 1. The summed E-state index contributed by atoms with van der Waals surface area (Å²) >= 11 is 0. The first-order chi connectivity index (χ1) is 11.5. The molecule has 1 aliphatic heterocycles. The lowest BCUT2D eigenvalue weighted by Crippen LogP contribution is -2.64. The average Bonchev–Trinajstić information content (AvgIpc) is 2.59. The Morgan fingerprint density at radius 2 is 1.96 bits per heavy atom. The van der Waals surface area contributed by atoms with Crippen LogP contribution < -0.4 is 5.32 Å². The predicted molar refractivity (Wildman–Crippen MR) is 86.9 cm³/mol. The molecule has 0 aromatic heterocycles. The van der Waals surface area contributed by atoms with Crippen molar-refractivity contribution in [2.75, 3.05) is 13.7 Å². The number of carbonyl (C=O) groups excluding carboxylic acids is 1. The van der Waals surface area contributed by atoms with Gasteiger partial charge in [0.05, 0.1) is 6.61 Å². The molecule has 0 radical (unpaired) electrons. The molecule has 7 heteroatoms. The number of rotatable bonds is 5. The number of carbonyl (C=O) groups is 1. The van der Waals surface area contributed by atoms with E-state index in [9.17, 15) is 15.0 Å². The molecular weight excluding hydrogens is 314 g/mol. The van der Waals surface area contributed by atoms with Gasteiger partial charge in [-0.15, -0.1) is 0 Å². The number of nitrogens with one attached hydrogen (secondary N) is 1. The molecule has 0 saturated carbocycles. The largest absolute Gasteiger partial charge is 0.394 e. The molecule has 1 saturated heterocycles. The average molecular weight is 337 g/mol. The molecule has 24 heavy (non-hydrogen) atoms. The van der Waals surface area contributed by atoms with Crippen LogP contribution in [-0.2, 0) is 14.3 Å². The van der Waals surface area contributed by atoms with Crippen molar-refractivity contribution in [1.29, 1.82) is 0 Å². The van der Waals surface area contributed by atoms with Gasteiger partial charge in [-0.1, -0.05) is 29.8 Å². The minimum absolute atomic E-state index is 0.458. The summed E-state index contributed by atoms with van der Waals surface area (Å²) in [6, 6.07) is 6.67. The maximum Gasteiger partial charge on any atom is 0.244 e. The lowest BCUT2D eigenvalue weighted by molar-refractivity contribution is -0.262. The van der Waals surface area contributed by atoms with Crippen molar-refractivity contribution >= 4 is 12.0 Å². The van der Waals surface area contributed by atoms with Crippen LogP contribution in [0.15, 0.2) is 30.3 Å². The first-order valence-corrected chi connectivity index (χ1v) is 7.66. The number of hydrogen-bond donors (Lipinski definition) is 4. The highest BCUT2D eigenvalue weighted by Crippen LogP contribution is 2.21. The van der Waals surface area contributed by atoms with E-state index in [1.54, 1.807) is 6.08 Å². The van der Waals surface area contributed by atoms with Gasteiger partial charge in [0, 0.05) is 13.2 Å². The fourth-order valence-corrected chi connectivity index (χ4v) is 2.50. The van der Waals surface area contributed by atoms with E-state index in [4.69, 9.17) is 14.6 Å². The van der Waals surface area contributed by atoms with E-state index >= 15 is 0 Å². The van der Waals surface area contributed by atoms with Crippen molar-refractivity contribution in [2.45, 2.75) is 37.6 Å². The Labute approximate surface area is 140 Å². The highest BCUT2D eigenvalue weighted by Gasteiger charge is 2.44. The second-order valence-corrected chi connectivity index (χ2v) is 5.72. The number of aliphatic hydroxyl groups is 3. The number of aliphatic hydroxyl groups excluding tert-OH is 3. The fraction of sp³-hybridized carbons (Fsp3) is 0.471.